The van der Waals surface area contributed by atoms with Crippen LogP contribution in [0.2, 0.25) is 0 Å². The molecule has 0 radical (unpaired) electrons. The van der Waals surface area contributed by atoms with E-state index in [1.807, 2.05) is 13.1 Å². The van der Waals surface area contributed by atoms with Crippen LogP contribution in [0, 0.1) is 0 Å². The highest BCUT2D eigenvalue weighted by Gasteiger charge is 2.40. The predicted octanol–water partition coefficient (Wildman–Crippen LogP) is 3.55. The Morgan fingerprint density at radius 2 is 1.92 bits per heavy atom. The Balaban J connectivity index is 1.26. The van der Waals surface area contributed by atoms with Gasteiger partial charge in [0.25, 0.3) is 0 Å². The quantitative estimate of drug-likeness (QED) is 0.720. The molecular formula is C16H16N6S2. The molecule has 0 amide bonds. The summed E-state index contributed by atoms with van der Waals surface area (Å²) < 4.78 is 5.60. The third kappa shape index (κ3) is 2.29. The van der Waals surface area contributed by atoms with Gasteiger partial charge in [0.2, 0.25) is 0 Å². The maximum Gasteiger partial charge on any atom is 0.184 e. The average molecular weight is 356 g/mol. The number of aromatic nitrogens is 3. The van der Waals surface area contributed by atoms with Gasteiger partial charge in [0.05, 0.1) is 22.4 Å². The number of anilines is 3. The molecular weight excluding hydrogens is 340 g/mol. The largest absolute Gasteiger partial charge is 0.359 e. The molecule has 122 valence electrons. The Morgan fingerprint density at radius 1 is 1.12 bits per heavy atom. The average Bonchev–Trinajstić information content (AvgIpc) is 3.12. The van der Waals surface area contributed by atoms with Crippen LogP contribution >= 0.6 is 23.5 Å². The van der Waals surface area contributed by atoms with Crippen LogP contribution in [-0.2, 0) is 0 Å². The van der Waals surface area contributed by atoms with Crippen LogP contribution in [0.3, 0.4) is 0 Å². The van der Waals surface area contributed by atoms with Gasteiger partial charge in [-0.05, 0) is 25.0 Å². The summed E-state index contributed by atoms with van der Waals surface area (Å²) in [6.07, 6.45) is 5.69. The Bertz CT molecular complexity index is 858. The van der Waals surface area contributed by atoms with Crippen LogP contribution < -0.4 is 13.9 Å². The third-order valence-electron chi connectivity index (χ3n) is 4.44. The highest BCUT2D eigenvalue weighted by atomic mass is 32.2. The number of nitrogens with one attached hydrogen (secondary N) is 1. The zero-order chi connectivity index (χ0) is 16.1. The van der Waals surface area contributed by atoms with Crippen molar-refractivity contribution in [3.8, 4) is 0 Å². The summed E-state index contributed by atoms with van der Waals surface area (Å²) in [5.74, 6) is 1.93. The van der Waals surface area contributed by atoms with Crippen molar-refractivity contribution in [1.29, 1.82) is 0 Å². The molecule has 8 heteroatoms. The summed E-state index contributed by atoms with van der Waals surface area (Å²) >= 11 is 3.42. The van der Waals surface area contributed by atoms with Crippen LogP contribution in [0.5, 0.6) is 0 Å². The molecule has 0 bridgehead atoms. The number of hydrogen-bond acceptors (Lipinski definition) is 8. The summed E-state index contributed by atoms with van der Waals surface area (Å²) in [5.41, 5.74) is 1.07. The van der Waals surface area contributed by atoms with E-state index in [9.17, 15) is 0 Å². The number of para-hydroxylation sites is 1. The second-order valence-corrected chi connectivity index (χ2v) is 8.20. The van der Waals surface area contributed by atoms with Gasteiger partial charge >= 0.3 is 0 Å². The molecule has 3 heterocycles. The van der Waals surface area contributed by atoms with E-state index in [1.54, 1.807) is 35.9 Å². The van der Waals surface area contributed by atoms with Crippen molar-refractivity contribution < 1.29 is 0 Å². The molecule has 6 nitrogen and oxygen atoms in total. The number of hydrogen-bond donors (Lipinski definition) is 1. The standard InChI is InChI=1S/C16H16N6S2/c1-21-14-15(18-7-6-17-14)22(24-21)11-8-10(9-11)19-16-20-12-4-2-3-5-13(12)23-16/h2-7,10-11H,8-9H2,1H3,(H,19,20)/t10-,11-. The molecule has 1 saturated carbocycles. The zero-order valence-corrected chi connectivity index (χ0v) is 14.7. The molecule has 0 atom stereocenters. The fraction of sp³-hybridized carbons (Fsp3) is 0.312. The first-order valence-corrected chi connectivity index (χ1v) is 9.47. The topological polar surface area (TPSA) is 57.2 Å². The first-order valence-electron chi connectivity index (χ1n) is 7.92. The lowest BCUT2D eigenvalue weighted by molar-refractivity contribution is 0.379. The Labute approximate surface area is 148 Å². The number of fused-ring (bicyclic) bond motifs is 2. The number of nitrogens with zero attached hydrogens (tertiary/aromatic N) is 5. The van der Waals surface area contributed by atoms with Crippen molar-refractivity contribution in [3.63, 3.8) is 0 Å². The lowest BCUT2D eigenvalue weighted by Crippen LogP contribution is -2.47. The normalized spacial score (nSPS) is 22.5. The van der Waals surface area contributed by atoms with Gasteiger partial charge in [-0.2, -0.15) is 0 Å². The molecule has 0 spiro atoms. The third-order valence-corrected chi connectivity index (χ3v) is 6.48. The highest BCUT2D eigenvalue weighted by molar-refractivity contribution is 8.02. The smallest absolute Gasteiger partial charge is 0.184 e. The monoisotopic (exact) mass is 356 g/mol. The van der Waals surface area contributed by atoms with Crippen LogP contribution in [0.4, 0.5) is 16.8 Å². The van der Waals surface area contributed by atoms with Crippen molar-refractivity contribution in [3.05, 3.63) is 36.7 Å². The van der Waals surface area contributed by atoms with E-state index in [4.69, 9.17) is 0 Å². The van der Waals surface area contributed by atoms with Gasteiger partial charge in [0, 0.05) is 31.5 Å². The number of rotatable bonds is 3. The molecule has 0 saturated heterocycles. The molecule has 1 fully saturated rings. The van der Waals surface area contributed by atoms with Gasteiger partial charge < -0.3 is 5.32 Å². The Hall–Kier alpha value is -2.06. The van der Waals surface area contributed by atoms with E-state index < -0.39 is 0 Å². The van der Waals surface area contributed by atoms with Crippen LogP contribution in [0.1, 0.15) is 12.8 Å². The number of benzene rings is 1. The number of thiazole rings is 1. The first-order chi connectivity index (χ1) is 11.8. The van der Waals surface area contributed by atoms with Gasteiger partial charge in [-0.3, -0.25) is 8.61 Å². The summed E-state index contributed by atoms with van der Waals surface area (Å²) in [6, 6.07) is 9.24. The second kappa shape index (κ2) is 5.49. The molecule has 0 unspecified atom stereocenters. The molecule has 24 heavy (non-hydrogen) atoms. The van der Waals surface area contributed by atoms with E-state index in [0.29, 0.717) is 12.1 Å². The molecule has 2 aromatic heterocycles. The molecule has 1 aliphatic carbocycles. The first kappa shape index (κ1) is 14.3. The SMILES string of the molecule is CN1SN([C@H]2C[C@H](Nc3nc4ccccc4s3)C2)c2nccnc21. The fourth-order valence-corrected chi connectivity index (χ4v) is 5.08. The van der Waals surface area contributed by atoms with Gasteiger partial charge in [0.15, 0.2) is 16.8 Å². The van der Waals surface area contributed by atoms with E-state index >= 15 is 0 Å². The summed E-state index contributed by atoms with van der Waals surface area (Å²) in [5, 5.41) is 4.60. The van der Waals surface area contributed by atoms with Crippen molar-refractivity contribution in [2.75, 3.05) is 21.0 Å². The van der Waals surface area contributed by atoms with Crippen molar-refractivity contribution in [2.24, 2.45) is 0 Å². The van der Waals surface area contributed by atoms with Gasteiger partial charge in [-0.25, -0.2) is 15.0 Å². The lowest BCUT2D eigenvalue weighted by atomic mass is 9.87. The van der Waals surface area contributed by atoms with Crippen LogP contribution in [0.25, 0.3) is 10.2 Å². The maximum absolute atomic E-state index is 4.66. The minimum absolute atomic E-state index is 0.474. The highest BCUT2D eigenvalue weighted by Crippen LogP contribution is 2.46. The molecule has 1 aromatic carbocycles. The van der Waals surface area contributed by atoms with E-state index in [1.165, 1.54) is 4.70 Å². The molecule has 1 aliphatic heterocycles. The van der Waals surface area contributed by atoms with Crippen molar-refractivity contribution >= 4 is 50.5 Å². The zero-order valence-electron chi connectivity index (χ0n) is 13.1. The molecule has 3 aromatic rings. The molecule has 2 aliphatic rings. The summed E-state index contributed by atoms with van der Waals surface area (Å²) in [4.78, 5) is 13.6. The Kier molecular flexibility index (Phi) is 3.27. The van der Waals surface area contributed by atoms with Gasteiger partial charge in [0.1, 0.15) is 0 Å². The second-order valence-electron chi connectivity index (χ2n) is 6.06. The summed E-state index contributed by atoms with van der Waals surface area (Å²) in [7, 11) is 2.04. The minimum atomic E-state index is 0.474. The fourth-order valence-electron chi connectivity index (χ4n) is 3.16. The minimum Gasteiger partial charge on any atom is -0.359 e. The van der Waals surface area contributed by atoms with Gasteiger partial charge in [-0.1, -0.05) is 23.5 Å². The van der Waals surface area contributed by atoms with Crippen LogP contribution in [0.15, 0.2) is 36.7 Å². The van der Waals surface area contributed by atoms with Gasteiger partial charge in [-0.15, -0.1) is 0 Å². The van der Waals surface area contributed by atoms with Crippen LogP contribution in [-0.4, -0.2) is 34.1 Å². The maximum atomic E-state index is 4.66. The molecule has 1 N–H and O–H groups in total. The molecule has 5 rings (SSSR count). The lowest BCUT2D eigenvalue weighted by Gasteiger charge is -2.40. The van der Waals surface area contributed by atoms with E-state index in [0.717, 1.165) is 35.1 Å². The Morgan fingerprint density at radius 3 is 2.75 bits per heavy atom. The van der Waals surface area contributed by atoms with E-state index in [-0.39, 0.29) is 0 Å². The van der Waals surface area contributed by atoms with Crippen molar-refractivity contribution in [2.45, 2.75) is 24.9 Å². The van der Waals surface area contributed by atoms with E-state index in [2.05, 4.69) is 47.1 Å². The summed E-state index contributed by atoms with van der Waals surface area (Å²) in [6.45, 7) is 0. The van der Waals surface area contributed by atoms with Crippen molar-refractivity contribution in [1.82, 2.24) is 15.0 Å². The predicted molar refractivity (Wildman–Crippen MR) is 101 cm³/mol.